The molecule has 0 spiro atoms. The van der Waals surface area contributed by atoms with Crippen LogP contribution >= 0.6 is 22.9 Å². The predicted molar refractivity (Wildman–Crippen MR) is 79.9 cm³/mol. The number of amides is 1. The van der Waals surface area contributed by atoms with Gasteiger partial charge in [0, 0.05) is 5.56 Å². The third-order valence-electron chi connectivity index (χ3n) is 3.00. The van der Waals surface area contributed by atoms with Gasteiger partial charge in [-0.3, -0.25) is 9.59 Å². The van der Waals surface area contributed by atoms with E-state index in [1.165, 1.54) is 24.5 Å². The van der Waals surface area contributed by atoms with E-state index in [1.54, 1.807) is 17.5 Å². The number of benzene rings is 1. The molecule has 1 N–H and O–H groups in total. The summed E-state index contributed by atoms with van der Waals surface area (Å²) in [4.78, 5) is 24.3. The second-order valence-corrected chi connectivity index (χ2v) is 5.64. The number of ketones is 1. The van der Waals surface area contributed by atoms with Crippen molar-refractivity contribution in [1.82, 2.24) is 0 Å². The lowest BCUT2D eigenvalue weighted by atomic mass is 10.1. The fourth-order valence-electron chi connectivity index (χ4n) is 2.02. The molecule has 0 bridgehead atoms. The molecule has 0 saturated heterocycles. The van der Waals surface area contributed by atoms with Gasteiger partial charge in [-0.15, -0.1) is 11.3 Å². The number of anilines is 1. The van der Waals surface area contributed by atoms with Gasteiger partial charge in [-0.05, 0) is 23.6 Å². The number of carbonyl (C=O) groups excluding carboxylic acids is 2. The zero-order valence-corrected chi connectivity index (χ0v) is 12.5. The number of nitrogens with one attached hydrogen (secondary N) is 1. The smallest absolute Gasteiger partial charge is 0.262 e. The van der Waals surface area contributed by atoms with Crippen molar-refractivity contribution >= 4 is 40.3 Å². The average Bonchev–Trinajstić information content (AvgIpc) is 2.94. The Morgan fingerprint density at radius 1 is 1.48 bits per heavy atom. The molecule has 0 saturated carbocycles. The summed E-state index contributed by atoms with van der Waals surface area (Å²) in [5, 5.41) is 4.67. The Balaban J connectivity index is 2.03. The standard InChI is InChI=1S/C14H10ClNO4S/c1-19-10-2-3-21-14(10)13(18)7-4-11-9(5-8(7)15)16-12(17)6-20-11/h2-5H,6H2,1H3,(H,16,17). The largest absolute Gasteiger partial charge is 0.495 e. The van der Waals surface area contributed by atoms with E-state index < -0.39 is 0 Å². The molecule has 1 aliphatic rings. The number of ether oxygens (including phenoxy) is 2. The van der Waals surface area contributed by atoms with Crippen molar-refractivity contribution in [2.24, 2.45) is 0 Å². The molecule has 7 heteroatoms. The van der Waals surface area contributed by atoms with Gasteiger partial charge in [0.05, 0.1) is 17.8 Å². The molecule has 21 heavy (non-hydrogen) atoms. The first-order valence-corrected chi connectivity index (χ1v) is 7.28. The number of hydrogen-bond donors (Lipinski definition) is 1. The first-order valence-electron chi connectivity index (χ1n) is 6.02. The SMILES string of the molecule is COc1ccsc1C(=O)c1cc2c(cc1Cl)NC(=O)CO2. The Labute approximate surface area is 129 Å². The van der Waals surface area contributed by atoms with E-state index in [-0.39, 0.29) is 23.3 Å². The van der Waals surface area contributed by atoms with Gasteiger partial charge in [-0.2, -0.15) is 0 Å². The van der Waals surface area contributed by atoms with E-state index in [1.807, 2.05) is 0 Å². The van der Waals surface area contributed by atoms with E-state index in [0.717, 1.165) is 0 Å². The summed E-state index contributed by atoms with van der Waals surface area (Å²) in [5.41, 5.74) is 0.776. The van der Waals surface area contributed by atoms with E-state index >= 15 is 0 Å². The zero-order valence-electron chi connectivity index (χ0n) is 10.9. The number of rotatable bonds is 3. The lowest BCUT2D eigenvalue weighted by Crippen LogP contribution is -2.25. The molecular weight excluding hydrogens is 314 g/mol. The molecule has 0 fully saturated rings. The molecule has 3 rings (SSSR count). The topological polar surface area (TPSA) is 64.6 Å². The van der Waals surface area contributed by atoms with Crippen molar-refractivity contribution in [3.05, 3.63) is 39.0 Å². The zero-order chi connectivity index (χ0) is 15.0. The van der Waals surface area contributed by atoms with Crippen LogP contribution in [0, 0.1) is 0 Å². The summed E-state index contributed by atoms with van der Waals surface area (Å²) in [5.74, 6) is 0.443. The highest BCUT2D eigenvalue weighted by Crippen LogP contribution is 2.36. The number of thiophene rings is 1. The van der Waals surface area contributed by atoms with Gasteiger partial charge in [0.2, 0.25) is 5.78 Å². The number of methoxy groups -OCH3 is 1. The van der Waals surface area contributed by atoms with Crippen molar-refractivity contribution in [3.63, 3.8) is 0 Å². The molecule has 2 aromatic rings. The van der Waals surface area contributed by atoms with Crippen molar-refractivity contribution in [2.75, 3.05) is 19.0 Å². The Bertz CT molecular complexity index is 741. The van der Waals surface area contributed by atoms with Crippen molar-refractivity contribution in [1.29, 1.82) is 0 Å². The summed E-state index contributed by atoms with van der Waals surface area (Å²) in [6, 6.07) is 4.78. The van der Waals surface area contributed by atoms with Crippen LogP contribution < -0.4 is 14.8 Å². The minimum atomic E-state index is -0.252. The van der Waals surface area contributed by atoms with Crippen LogP contribution in [0.15, 0.2) is 23.6 Å². The molecule has 0 aliphatic carbocycles. The molecule has 2 heterocycles. The monoisotopic (exact) mass is 323 g/mol. The summed E-state index contributed by atoms with van der Waals surface area (Å²) < 4.78 is 10.5. The van der Waals surface area contributed by atoms with Gasteiger partial charge in [-0.25, -0.2) is 0 Å². The Hall–Kier alpha value is -2.05. The van der Waals surface area contributed by atoms with Gasteiger partial charge in [0.1, 0.15) is 16.4 Å². The van der Waals surface area contributed by atoms with Crippen LogP contribution in [0.3, 0.4) is 0 Å². The van der Waals surface area contributed by atoms with Crippen LogP contribution in [0.1, 0.15) is 15.2 Å². The van der Waals surface area contributed by atoms with Crippen LogP contribution in [0.4, 0.5) is 5.69 Å². The van der Waals surface area contributed by atoms with Crippen LogP contribution in [0.2, 0.25) is 5.02 Å². The number of fused-ring (bicyclic) bond motifs is 1. The summed E-state index contributed by atoms with van der Waals surface area (Å²) in [6.07, 6.45) is 0. The van der Waals surface area contributed by atoms with Crippen LogP contribution in [0.5, 0.6) is 11.5 Å². The van der Waals surface area contributed by atoms with Gasteiger partial charge in [-0.1, -0.05) is 11.6 Å². The maximum absolute atomic E-state index is 12.6. The highest BCUT2D eigenvalue weighted by atomic mass is 35.5. The lowest BCUT2D eigenvalue weighted by Gasteiger charge is -2.19. The van der Waals surface area contributed by atoms with Crippen molar-refractivity contribution < 1.29 is 19.1 Å². The summed E-state index contributed by atoms with van der Waals surface area (Å²) in [6.45, 7) is -0.0788. The Morgan fingerprint density at radius 2 is 2.29 bits per heavy atom. The molecule has 0 unspecified atom stereocenters. The molecule has 108 valence electrons. The van der Waals surface area contributed by atoms with Gasteiger partial charge < -0.3 is 14.8 Å². The van der Waals surface area contributed by atoms with E-state index in [9.17, 15) is 9.59 Å². The lowest BCUT2D eigenvalue weighted by molar-refractivity contribution is -0.118. The average molecular weight is 324 g/mol. The minimum absolute atomic E-state index is 0.0788. The maximum atomic E-state index is 12.6. The molecule has 5 nitrogen and oxygen atoms in total. The van der Waals surface area contributed by atoms with Gasteiger partial charge in [0.25, 0.3) is 5.91 Å². The molecule has 0 atom stereocenters. The summed E-state index contributed by atoms with van der Waals surface area (Å²) >= 11 is 7.43. The molecular formula is C14H10ClNO4S. The quantitative estimate of drug-likeness (QED) is 0.882. The number of halogens is 1. The van der Waals surface area contributed by atoms with E-state index in [4.69, 9.17) is 21.1 Å². The van der Waals surface area contributed by atoms with E-state index in [0.29, 0.717) is 27.6 Å². The normalized spacial score (nSPS) is 13.1. The Morgan fingerprint density at radius 3 is 3.05 bits per heavy atom. The van der Waals surface area contributed by atoms with Gasteiger partial charge in [0.15, 0.2) is 6.61 Å². The molecule has 1 aromatic carbocycles. The fourth-order valence-corrected chi connectivity index (χ4v) is 3.08. The molecule has 0 radical (unpaired) electrons. The highest BCUT2D eigenvalue weighted by Gasteiger charge is 2.23. The van der Waals surface area contributed by atoms with Crippen LogP contribution in [-0.2, 0) is 4.79 Å². The van der Waals surface area contributed by atoms with Crippen LogP contribution in [0.25, 0.3) is 0 Å². The van der Waals surface area contributed by atoms with Crippen molar-refractivity contribution in [3.8, 4) is 11.5 Å². The van der Waals surface area contributed by atoms with Crippen LogP contribution in [-0.4, -0.2) is 25.4 Å². The van der Waals surface area contributed by atoms with Gasteiger partial charge >= 0.3 is 0 Å². The number of hydrogen-bond acceptors (Lipinski definition) is 5. The first kappa shape index (κ1) is 13.9. The van der Waals surface area contributed by atoms with Crippen molar-refractivity contribution in [2.45, 2.75) is 0 Å². The highest BCUT2D eigenvalue weighted by molar-refractivity contribution is 7.12. The third-order valence-corrected chi connectivity index (χ3v) is 4.21. The predicted octanol–water partition coefficient (Wildman–Crippen LogP) is 2.97. The second kappa shape index (κ2) is 5.38. The molecule has 1 aliphatic heterocycles. The summed E-state index contributed by atoms with van der Waals surface area (Å²) in [7, 11) is 1.51. The Kier molecular flexibility index (Phi) is 3.57. The second-order valence-electron chi connectivity index (χ2n) is 4.31. The first-order chi connectivity index (χ1) is 10.1. The fraction of sp³-hybridized carbons (Fsp3) is 0.143. The maximum Gasteiger partial charge on any atom is 0.262 e. The third kappa shape index (κ3) is 2.48. The molecule has 1 aromatic heterocycles. The number of carbonyl (C=O) groups is 2. The minimum Gasteiger partial charge on any atom is -0.495 e. The molecule has 1 amide bonds. The van der Waals surface area contributed by atoms with E-state index in [2.05, 4.69) is 5.32 Å².